The van der Waals surface area contributed by atoms with Gasteiger partial charge in [-0.1, -0.05) is 0 Å². The number of fused-ring (bicyclic) bond motifs is 4. The Labute approximate surface area is 165 Å². The first kappa shape index (κ1) is 18.8. The van der Waals surface area contributed by atoms with Gasteiger partial charge in [0.25, 0.3) is 5.91 Å². The molecule has 3 aliphatic heterocycles. The number of hydrogen-bond donors (Lipinski definition) is 1. The number of hydrogen-bond acceptors (Lipinski definition) is 5. The maximum absolute atomic E-state index is 12.9. The van der Waals surface area contributed by atoms with Gasteiger partial charge in [0.2, 0.25) is 0 Å². The number of H-pyrrole nitrogens is 1. The molecular weight excluding hydrogens is 356 g/mol. The van der Waals surface area contributed by atoms with Crippen LogP contribution in [-0.4, -0.2) is 65.1 Å². The first-order chi connectivity index (χ1) is 13.6. The van der Waals surface area contributed by atoms with Gasteiger partial charge in [-0.3, -0.25) is 9.69 Å². The van der Waals surface area contributed by atoms with Crippen molar-refractivity contribution >= 4 is 5.91 Å². The van der Waals surface area contributed by atoms with Crippen molar-refractivity contribution in [3.63, 3.8) is 0 Å². The van der Waals surface area contributed by atoms with Gasteiger partial charge in [0.1, 0.15) is 11.5 Å². The lowest BCUT2D eigenvalue weighted by molar-refractivity contribution is -0.137. The van der Waals surface area contributed by atoms with Gasteiger partial charge in [0.05, 0.1) is 19.1 Å². The van der Waals surface area contributed by atoms with Crippen LogP contribution in [-0.2, 0) is 11.3 Å². The molecule has 2 bridgehead atoms. The first-order valence-corrected chi connectivity index (χ1v) is 9.90. The average Bonchev–Trinajstić information content (AvgIpc) is 2.92. The van der Waals surface area contributed by atoms with Crippen molar-refractivity contribution in [2.75, 3.05) is 33.4 Å². The van der Waals surface area contributed by atoms with E-state index in [1.165, 1.54) is 6.42 Å². The minimum atomic E-state index is 0.0725. The number of nitrogens with zero attached hydrogens (tertiary/aromatic N) is 3. The van der Waals surface area contributed by atoms with Crippen LogP contribution in [0.5, 0.6) is 11.5 Å². The zero-order chi connectivity index (χ0) is 19.5. The summed E-state index contributed by atoms with van der Waals surface area (Å²) in [6, 6.07) is 7.58. The van der Waals surface area contributed by atoms with Crippen LogP contribution < -0.4 is 9.47 Å². The van der Waals surface area contributed by atoms with Crippen molar-refractivity contribution in [1.29, 1.82) is 0 Å². The topological polar surface area (TPSA) is 70.7 Å². The molecule has 7 nitrogen and oxygen atoms in total. The molecule has 0 aliphatic carbocycles. The van der Waals surface area contributed by atoms with Crippen molar-refractivity contribution in [3.05, 3.63) is 42.0 Å². The summed E-state index contributed by atoms with van der Waals surface area (Å²) < 4.78 is 10.9. The predicted octanol–water partition coefficient (Wildman–Crippen LogP) is 2.23. The summed E-state index contributed by atoms with van der Waals surface area (Å²) >= 11 is 0. The number of amides is 1. The molecule has 28 heavy (non-hydrogen) atoms. The molecule has 3 saturated heterocycles. The van der Waals surface area contributed by atoms with E-state index in [2.05, 4.69) is 21.8 Å². The normalized spacial score (nSPS) is 22.1. The second kappa shape index (κ2) is 8.22. The van der Waals surface area contributed by atoms with Crippen LogP contribution in [0.1, 0.15) is 24.2 Å². The molecule has 0 radical (unpaired) electrons. The maximum atomic E-state index is 12.9. The standard InChI is InChI=1S/C21H28N4O3/c1-15-20(23-14-22-15)12-24-9-16-3-4-17(11-24)25(10-16)21(26)13-28-19-7-5-18(27-2)6-8-19/h5-8,14,16-17H,3-4,9-13H2,1-2H3,(H,22,23)/t16-,17+/m0/s1. The number of carbonyl (C=O) groups excluding carboxylic acids is 1. The lowest BCUT2D eigenvalue weighted by Gasteiger charge is -2.36. The van der Waals surface area contributed by atoms with Crippen LogP contribution in [0.4, 0.5) is 0 Å². The van der Waals surface area contributed by atoms with E-state index >= 15 is 0 Å². The third-order valence-electron chi connectivity index (χ3n) is 5.84. The highest BCUT2D eigenvalue weighted by Crippen LogP contribution is 2.29. The summed E-state index contributed by atoms with van der Waals surface area (Å²) in [6.07, 6.45) is 4.00. The maximum Gasteiger partial charge on any atom is 0.260 e. The molecule has 0 saturated carbocycles. The van der Waals surface area contributed by atoms with Crippen LogP contribution in [0.15, 0.2) is 30.6 Å². The quantitative estimate of drug-likeness (QED) is 0.827. The van der Waals surface area contributed by atoms with Crippen LogP contribution in [0.25, 0.3) is 0 Å². The van der Waals surface area contributed by atoms with Crippen LogP contribution in [0, 0.1) is 12.8 Å². The van der Waals surface area contributed by atoms with E-state index in [1.807, 2.05) is 29.2 Å². The van der Waals surface area contributed by atoms with Gasteiger partial charge in [0, 0.05) is 37.9 Å². The molecule has 1 N–H and O–H groups in total. The molecule has 1 aromatic heterocycles. The molecule has 3 aliphatic rings. The monoisotopic (exact) mass is 384 g/mol. The molecule has 2 aromatic rings. The van der Waals surface area contributed by atoms with E-state index in [1.54, 1.807) is 13.4 Å². The van der Waals surface area contributed by atoms with Gasteiger partial charge in [-0.25, -0.2) is 4.98 Å². The van der Waals surface area contributed by atoms with Crippen LogP contribution >= 0.6 is 0 Å². The Morgan fingerprint density at radius 1 is 1.18 bits per heavy atom. The summed E-state index contributed by atoms with van der Waals surface area (Å²) in [5.74, 6) is 2.05. The molecule has 2 atom stereocenters. The van der Waals surface area contributed by atoms with Crippen molar-refractivity contribution in [2.24, 2.45) is 5.92 Å². The molecular formula is C21H28N4O3. The third-order valence-corrected chi connectivity index (χ3v) is 5.84. The zero-order valence-corrected chi connectivity index (χ0v) is 16.6. The average molecular weight is 384 g/mol. The van der Waals surface area contributed by atoms with Gasteiger partial charge in [-0.15, -0.1) is 0 Å². The first-order valence-electron chi connectivity index (χ1n) is 9.90. The van der Waals surface area contributed by atoms with E-state index in [9.17, 15) is 4.79 Å². The molecule has 1 amide bonds. The highest BCUT2D eigenvalue weighted by molar-refractivity contribution is 5.78. The molecule has 150 valence electrons. The van der Waals surface area contributed by atoms with Gasteiger partial charge in [-0.2, -0.15) is 0 Å². The Balaban J connectivity index is 1.35. The molecule has 4 heterocycles. The van der Waals surface area contributed by atoms with Gasteiger partial charge in [-0.05, 0) is 49.9 Å². The number of benzene rings is 1. The number of piperidine rings is 1. The number of carbonyl (C=O) groups is 1. The number of aryl methyl sites for hydroxylation is 1. The van der Waals surface area contributed by atoms with E-state index < -0.39 is 0 Å². The Bertz CT molecular complexity index is 804. The van der Waals surface area contributed by atoms with Crippen molar-refractivity contribution < 1.29 is 14.3 Å². The number of ether oxygens (including phenoxy) is 2. The van der Waals surface area contributed by atoms with Crippen LogP contribution in [0.2, 0.25) is 0 Å². The van der Waals surface area contributed by atoms with Gasteiger partial charge >= 0.3 is 0 Å². The Morgan fingerprint density at radius 3 is 2.68 bits per heavy atom. The fourth-order valence-corrected chi connectivity index (χ4v) is 4.27. The number of aromatic amines is 1. The Morgan fingerprint density at radius 2 is 1.96 bits per heavy atom. The highest BCUT2D eigenvalue weighted by atomic mass is 16.5. The number of methoxy groups -OCH3 is 1. The second-order valence-electron chi connectivity index (χ2n) is 7.78. The minimum absolute atomic E-state index is 0.0725. The third kappa shape index (κ3) is 4.14. The molecule has 5 rings (SSSR count). The van der Waals surface area contributed by atoms with E-state index in [4.69, 9.17) is 9.47 Å². The predicted molar refractivity (Wildman–Crippen MR) is 105 cm³/mol. The molecule has 0 unspecified atom stereocenters. The van der Waals surface area contributed by atoms with Crippen molar-refractivity contribution in [1.82, 2.24) is 19.8 Å². The fourth-order valence-electron chi connectivity index (χ4n) is 4.27. The number of imidazole rings is 1. The molecule has 0 spiro atoms. The Hall–Kier alpha value is -2.54. The highest BCUT2D eigenvalue weighted by Gasteiger charge is 2.37. The lowest BCUT2D eigenvalue weighted by atomic mass is 9.95. The summed E-state index contributed by atoms with van der Waals surface area (Å²) in [7, 11) is 1.63. The Kier molecular flexibility index (Phi) is 5.52. The lowest BCUT2D eigenvalue weighted by Crippen LogP contribution is -2.49. The summed E-state index contributed by atoms with van der Waals surface area (Å²) in [5.41, 5.74) is 2.22. The van der Waals surface area contributed by atoms with Crippen molar-refractivity contribution in [3.8, 4) is 11.5 Å². The van der Waals surface area contributed by atoms with E-state index in [0.717, 1.165) is 49.7 Å². The molecule has 1 aromatic carbocycles. The van der Waals surface area contributed by atoms with E-state index in [-0.39, 0.29) is 18.6 Å². The SMILES string of the molecule is COc1ccc(OCC(=O)N2C[C@H]3CC[C@@H]2CN(Cc2nc[nH]c2C)C3)cc1. The molecule has 7 heteroatoms. The number of aromatic nitrogens is 2. The van der Waals surface area contributed by atoms with Crippen LogP contribution in [0.3, 0.4) is 0 Å². The minimum Gasteiger partial charge on any atom is -0.497 e. The molecule has 3 fully saturated rings. The van der Waals surface area contributed by atoms with Gasteiger partial charge in [0.15, 0.2) is 6.61 Å². The van der Waals surface area contributed by atoms with E-state index in [0.29, 0.717) is 11.7 Å². The van der Waals surface area contributed by atoms with Crippen molar-refractivity contribution in [2.45, 2.75) is 32.4 Å². The second-order valence-corrected chi connectivity index (χ2v) is 7.78. The van der Waals surface area contributed by atoms with Gasteiger partial charge < -0.3 is 19.4 Å². The fraction of sp³-hybridized carbons (Fsp3) is 0.524. The summed E-state index contributed by atoms with van der Waals surface area (Å²) in [6.45, 7) is 5.72. The number of nitrogens with one attached hydrogen (secondary N) is 1. The largest absolute Gasteiger partial charge is 0.497 e. The zero-order valence-electron chi connectivity index (χ0n) is 16.6. The summed E-state index contributed by atoms with van der Waals surface area (Å²) in [4.78, 5) is 24.9. The number of rotatable bonds is 6. The summed E-state index contributed by atoms with van der Waals surface area (Å²) in [5, 5.41) is 0. The smallest absolute Gasteiger partial charge is 0.260 e.